The van der Waals surface area contributed by atoms with E-state index in [1.807, 2.05) is 30.3 Å². The molecule has 3 unspecified atom stereocenters. The average Bonchev–Trinajstić information content (AvgIpc) is 2.82. The smallest absolute Gasteiger partial charge is 0.170 e. The van der Waals surface area contributed by atoms with E-state index in [0.29, 0.717) is 11.8 Å². The minimum absolute atomic E-state index is 0.103. The van der Waals surface area contributed by atoms with Gasteiger partial charge in [-0.25, -0.2) is 0 Å². The van der Waals surface area contributed by atoms with Crippen molar-refractivity contribution in [3.8, 4) is 5.75 Å². The van der Waals surface area contributed by atoms with Crippen molar-refractivity contribution in [3.05, 3.63) is 101 Å². The van der Waals surface area contributed by atoms with Gasteiger partial charge in [0.15, 0.2) is 5.78 Å². The number of carbonyl (C=O) groups excluding carboxylic acids is 1. The number of hydrogen-bond donors (Lipinski definition) is 0. The summed E-state index contributed by atoms with van der Waals surface area (Å²) >= 11 is 0. The van der Waals surface area contributed by atoms with Crippen molar-refractivity contribution in [2.45, 2.75) is 51.9 Å². The van der Waals surface area contributed by atoms with Crippen LogP contribution in [0, 0.1) is 25.7 Å². The second-order valence-corrected chi connectivity index (χ2v) is 9.38. The van der Waals surface area contributed by atoms with Gasteiger partial charge >= 0.3 is 0 Å². The van der Waals surface area contributed by atoms with Gasteiger partial charge in [-0.05, 0) is 68.2 Å². The Morgan fingerprint density at radius 1 is 0.906 bits per heavy atom. The summed E-state index contributed by atoms with van der Waals surface area (Å²) in [6.45, 7) is 4.17. The number of methoxy groups -OCH3 is 1. The molecule has 0 bridgehead atoms. The summed E-state index contributed by atoms with van der Waals surface area (Å²) in [5.74, 6) is 1.88. The third kappa shape index (κ3) is 5.12. The number of ether oxygens (including phenoxy) is 1. The minimum Gasteiger partial charge on any atom is -0.497 e. The quantitative estimate of drug-likeness (QED) is 0.370. The van der Waals surface area contributed by atoms with Crippen molar-refractivity contribution in [3.63, 3.8) is 0 Å². The lowest BCUT2D eigenvalue weighted by Gasteiger charge is -2.37. The molecule has 1 fully saturated rings. The van der Waals surface area contributed by atoms with E-state index in [1.54, 1.807) is 7.11 Å². The molecule has 2 heteroatoms. The van der Waals surface area contributed by atoms with Crippen molar-refractivity contribution in [2.75, 3.05) is 7.11 Å². The molecular weight excluding hydrogens is 392 g/mol. The highest BCUT2D eigenvalue weighted by molar-refractivity contribution is 6.01. The van der Waals surface area contributed by atoms with Gasteiger partial charge in [-0.3, -0.25) is 4.79 Å². The SMILES string of the molecule is COc1cccc(CC2CCCCC2C(C(=O)c2ccc(C)cc2)c2ccc(C)cc2)c1. The number of carbonyl (C=O) groups is 1. The van der Waals surface area contributed by atoms with Gasteiger partial charge in [0.2, 0.25) is 0 Å². The number of aryl methyl sites for hydroxylation is 2. The molecule has 0 amide bonds. The number of rotatable bonds is 7. The van der Waals surface area contributed by atoms with Gasteiger partial charge in [-0.2, -0.15) is 0 Å². The third-order valence-corrected chi connectivity index (χ3v) is 7.08. The van der Waals surface area contributed by atoms with Gasteiger partial charge in [0.25, 0.3) is 0 Å². The molecule has 0 saturated heterocycles. The summed E-state index contributed by atoms with van der Waals surface area (Å²) in [4.78, 5) is 13.9. The summed E-state index contributed by atoms with van der Waals surface area (Å²) in [6, 6.07) is 25.1. The summed E-state index contributed by atoms with van der Waals surface area (Å²) in [7, 11) is 1.72. The minimum atomic E-state index is -0.103. The van der Waals surface area contributed by atoms with Crippen molar-refractivity contribution >= 4 is 5.78 Å². The van der Waals surface area contributed by atoms with Crippen LogP contribution in [0.15, 0.2) is 72.8 Å². The molecule has 0 aliphatic heterocycles. The number of Topliss-reactive ketones (excluding diaryl/α,β-unsaturated/α-hetero) is 1. The van der Waals surface area contributed by atoms with Crippen LogP contribution in [-0.4, -0.2) is 12.9 Å². The van der Waals surface area contributed by atoms with Crippen LogP contribution in [0.25, 0.3) is 0 Å². The molecule has 3 atom stereocenters. The number of ketones is 1. The molecule has 3 aromatic rings. The van der Waals surface area contributed by atoms with Crippen LogP contribution in [-0.2, 0) is 6.42 Å². The Labute approximate surface area is 192 Å². The van der Waals surface area contributed by atoms with Crippen LogP contribution in [0.1, 0.15) is 64.2 Å². The third-order valence-electron chi connectivity index (χ3n) is 7.08. The zero-order chi connectivity index (χ0) is 22.5. The highest BCUT2D eigenvalue weighted by Gasteiger charge is 2.37. The molecule has 1 saturated carbocycles. The number of benzene rings is 3. The van der Waals surface area contributed by atoms with Crippen LogP contribution in [0.5, 0.6) is 5.75 Å². The first-order chi connectivity index (χ1) is 15.5. The van der Waals surface area contributed by atoms with Gasteiger partial charge in [0.05, 0.1) is 13.0 Å². The first-order valence-corrected chi connectivity index (χ1v) is 11.9. The first-order valence-electron chi connectivity index (χ1n) is 11.9. The van der Waals surface area contributed by atoms with Crippen LogP contribution in [0.3, 0.4) is 0 Å². The Hall–Kier alpha value is -2.87. The largest absolute Gasteiger partial charge is 0.497 e. The Morgan fingerprint density at radius 3 is 2.25 bits per heavy atom. The van der Waals surface area contributed by atoms with Crippen LogP contribution < -0.4 is 4.74 Å². The van der Waals surface area contributed by atoms with E-state index in [2.05, 4.69) is 56.3 Å². The molecule has 166 valence electrons. The van der Waals surface area contributed by atoms with Gasteiger partial charge < -0.3 is 4.74 Å². The topological polar surface area (TPSA) is 26.3 Å². The molecule has 0 aromatic heterocycles. The molecule has 0 heterocycles. The monoisotopic (exact) mass is 426 g/mol. The maximum atomic E-state index is 13.9. The van der Waals surface area contributed by atoms with Crippen molar-refractivity contribution in [2.24, 2.45) is 11.8 Å². The van der Waals surface area contributed by atoms with Gasteiger partial charge in [-0.15, -0.1) is 0 Å². The summed E-state index contributed by atoms with van der Waals surface area (Å²) in [5.41, 5.74) is 5.69. The molecular formula is C30H34O2. The maximum Gasteiger partial charge on any atom is 0.170 e. The Balaban J connectivity index is 1.69. The number of hydrogen-bond acceptors (Lipinski definition) is 2. The van der Waals surface area contributed by atoms with E-state index in [4.69, 9.17) is 4.74 Å². The zero-order valence-electron chi connectivity index (χ0n) is 19.5. The van der Waals surface area contributed by atoms with Crippen LogP contribution in [0.4, 0.5) is 0 Å². The standard InChI is InChI=1S/C30H34O2/c1-21-11-15-24(16-12-21)29(30(31)25-17-13-22(2)14-18-25)28-10-5-4-8-26(28)19-23-7-6-9-27(20-23)32-3/h6-7,9,11-18,20,26,28-29H,4-5,8,10,19H2,1-3H3. The maximum absolute atomic E-state index is 13.9. The lowest BCUT2D eigenvalue weighted by atomic mass is 9.66. The normalized spacial score (nSPS) is 19.3. The second kappa shape index (κ2) is 10.2. The molecule has 32 heavy (non-hydrogen) atoms. The fourth-order valence-electron chi connectivity index (χ4n) is 5.29. The molecule has 2 nitrogen and oxygen atoms in total. The fourth-order valence-corrected chi connectivity index (χ4v) is 5.29. The predicted molar refractivity (Wildman–Crippen MR) is 132 cm³/mol. The van der Waals surface area contributed by atoms with Crippen molar-refractivity contribution < 1.29 is 9.53 Å². The Kier molecular flexibility index (Phi) is 7.09. The van der Waals surface area contributed by atoms with Crippen molar-refractivity contribution in [1.29, 1.82) is 0 Å². The molecule has 1 aliphatic rings. The van der Waals surface area contributed by atoms with Gasteiger partial charge in [0, 0.05) is 5.56 Å². The van der Waals surface area contributed by atoms with E-state index in [-0.39, 0.29) is 11.7 Å². The van der Waals surface area contributed by atoms with Crippen LogP contribution >= 0.6 is 0 Å². The van der Waals surface area contributed by atoms with Gasteiger partial charge in [-0.1, -0.05) is 84.6 Å². The van der Waals surface area contributed by atoms with E-state index >= 15 is 0 Å². The summed E-state index contributed by atoms with van der Waals surface area (Å²) in [5, 5.41) is 0. The molecule has 1 aliphatic carbocycles. The second-order valence-electron chi connectivity index (χ2n) is 9.38. The summed E-state index contributed by atoms with van der Waals surface area (Å²) < 4.78 is 5.45. The van der Waals surface area contributed by atoms with Crippen LogP contribution in [0.2, 0.25) is 0 Å². The molecule has 0 N–H and O–H groups in total. The summed E-state index contributed by atoms with van der Waals surface area (Å²) in [6.07, 6.45) is 5.70. The van der Waals surface area contributed by atoms with Gasteiger partial charge in [0.1, 0.15) is 5.75 Å². The predicted octanol–water partition coefficient (Wildman–Crippen LogP) is 7.33. The highest BCUT2D eigenvalue weighted by atomic mass is 16.5. The molecule has 0 spiro atoms. The van der Waals surface area contributed by atoms with E-state index in [9.17, 15) is 4.79 Å². The van der Waals surface area contributed by atoms with E-state index < -0.39 is 0 Å². The average molecular weight is 427 g/mol. The van der Waals surface area contributed by atoms with E-state index in [1.165, 1.54) is 36.0 Å². The Morgan fingerprint density at radius 2 is 1.56 bits per heavy atom. The zero-order valence-corrected chi connectivity index (χ0v) is 19.5. The highest BCUT2D eigenvalue weighted by Crippen LogP contribution is 2.43. The molecule has 0 radical (unpaired) electrons. The Bertz CT molecular complexity index is 1030. The van der Waals surface area contributed by atoms with E-state index in [0.717, 1.165) is 29.7 Å². The fraction of sp³-hybridized carbons (Fsp3) is 0.367. The van der Waals surface area contributed by atoms with Crippen molar-refractivity contribution in [1.82, 2.24) is 0 Å². The lowest BCUT2D eigenvalue weighted by molar-refractivity contribution is 0.0870. The molecule has 3 aromatic carbocycles. The first kappa shape index (κ1) is 22.3. The molecule has 4 rings (SSSR count). The lowest BCUT2D eigenvalue weighted by Crippen LogP contribution is -2.32.